The van der Waals surface area contributed by atoms with Gasteiger partial charge in [0.25, 0.3) is 0 Å². The lowest BCUT2D eigenvalue weighted by molar-refractivity contribution is -0.115. The van der Waals surface area contributed by atoms with Gasteiger partial charge >= 0.3 is 0 Å². The highest BCUT2D eigenvalue weighted by Gasteiger charge is 2.11. The van der Waals surface area contributed by atoms with E-state index in [2.05, 4.69) is 20.5 Å². The lowest BCUT2D eigenvalue weighted by atomic mass is 10.3. The molecule has 3 aromatic heterocycles. The first kappa shape index (κ1) is 13.6. The Bertz CT molecular complexity index is 797. The number of aromatic nitrogens is 4. The minimum absolute atomic E-state index is 0.102. The Morgan fingerprint density at radius 3 is 3.00 bits per heavy atom. The second kappa shape index (κ2) is 5.57. The molecule has 0 atom stereocenters. The highest BCUT2D eigenvalue weighted by atomic mass is 32.1. The molecule has 8 heteroatoms. The maximum absolute atomic E-state index is 13.1. The largest absolute Gasteiger partial charge is 0.304 e. The van der Waals surface area contributed by atoms with Gasteiger partial charge in [-0.1, -0.05) is 18.3 Å². The van der Waals surface area contributed by atoms with Crippen molar-refractivity contribution in [1.82, 2.24) is 19.6 Å². The number of rotatable bonds is 4. The fourth-order valence-electron chi connectivity index (χ4n) is 1.88. The van der Waals surface area contributed by atoms with Crippen molar-refractivity contribution in [1.29, 1.82) is 0 Å². The van der Waals surface area contributed by atoms with Gasteiger partial charge in [-0.15, -0.1) is 10.2 Å². The summed E-state index contributed by atoms with van der Waals surface area (Å²) in [5.74, 6) is -0.575. The van der Waals surface area contributed by atoms with Gasteiger partial charge in [0.15, 0.2) is 0 Å². The maximum atomic E-state index is 13.1. The SMILES string of the molecule is CCc1nnc(NC(=O)Cc2cn3cc(F)ccc3n2)s1. The molecule has 6 nitrogen and oxygen atoms in total. The van der Waals surface area contributed by atoms with Crippen molar-refractivity contribution in [3.05, 3.63) is 41.0 Å². The van der Waals surface area contributed by atoms with Crippen LogP contribution in [0.5, 0.6) is 0 Å². The molecule has 0 saturated heterocycles. The van der Waals surface area contributed by atoms with Crippen molar-refractivity contribution in [2.45, 2.75) is 19.8 Å². The Balaban J connectivity index is 1.70. The van der Waals surface area contributed by atoms with Crippen molar-refractivity contribution in [3.8, 4) is 0 Å². The predicted octanol–water partition coefficient (Wildman–Crippen LogP) is 2.07. The molecule has 0 unspecified atom stereocenters. The summed E-state index contributed by atoms with van der Waals surface area (Å²) in [5, 5.41) is 11.8. The van der Waals surface area contributed by atoms with Gasteiger partial charge in [-0.25, -0.2) is 9.37 Å². The first-order valence-corrected chi connectivity index (χ1v) is 7.21. The molecule has 1 amide bonds. The van der Waals surface area contributed by atoms with Crippen LogP contribution < -0.4 is 5.32 Å². The zero-order valence-corrected chi connectivity index (χ0v) is 12.0. The highest BCUT2D eigenvalue weighted by molar-refractivity contribution is 7.15. The van der Waals surface area contributed by atoms with E-state index in [0.717, 1.165) is 11.4 Å². The smallest absolute Gasteiger partial charge is 0.232 e. The number of amides is 1. The number of nitrogens with one attached hydrogen (secondary N) is 1. The standard InChI is InChI=1S/C13H12FN5OS/c1-2-12-17-18-13(21-12)16-11(20)5-9-7-19-6-8(14)3-4-10(19)15-9/h3-4,6-7H,2,5H2,1H3,(H,16,18,20). The van der Waals surface area contributed by atoms with Gasteiger partial charge in [-0.2, -0.15) is 0 Å². The van der Waals surface area contributed by atoms with Crippen molar-refractivity contribution < 1.29 is 9.18 Å². The Kier molecular flexibility index (Phi) is 3.61. The third kappa shape index (κ3) is 3.05. The first-order chi connectivity index (χ1) is 10.1. The minimum atomic E-state index is -0.350. The quantitative estimate of drug-likeness (QED) is 0.801. The number of hydrogen-bond acceptors (Lipinski definition) is 5. The van der Waals surface area contributed by atoms with Crippen LogP contribution in [0, 0.1) is 5.82 Å². The maximum Gasteiger partial charge on any atom is 0.232 e. The molecule has 0 bridgehead atoms. The molecule has 108 valence electrons. The molecular formula is C13H12FN5OS. The van der Waals surface area contributed by atoms with Crippen molar-refractivity contribution in [2.24, 2.45) is 0 Å². The number of carbonyl (C=O) groups is 1. The number of hydrogen-bond donors (Lipinski definition) is 1. The molecule has 1 N–H and O–H groups in total. The van der Waals surface area contributed by atoms with Crippen LogP contribution in [-0.4, -0.2) is 25.5 Å². The van der Waals surface area contributed by atoms with Crippen LogP contribution in [0.3, 0.4) is 0 Å². The summed E-state index contributed by atoms with van der Waals surface area (Å²) in [6, 6.07) is 2.90. The molecule has 0 spiro atoms. The Morgan fingerprint density at radius 2 is 2.24 bits per heavy atom. The van der Waals surface area contributed by atoms with Gasteiger partial charge < -0.3 is 9.72 Å². The van der Waals surface area contributed by atoms with E-state index in [9.17, 15) is 9.18 Å². The van der Waals surface area contributed by atoms with Crippen LogP contribution >= 0.6 is 11.3 Å². The second-order valence-corrected chi connectivity index (χ2v) is 5.49. The number of carbonyl (C=O) groups excluding carboxylic acids is 1. The summed E-state index contributed by atoms with van der Waals surface area (Å²) < 4.78 is 14.6. The number of aryl methyl sites for hydroxylation is 1. The van der Waals surface area contributed by atoms with Gasteiger partial charge in [-0.05, 0) is 18.6 Å². The molecule has 3 rings (SSSR count). The third-order valence-corrected chi connectivity index (χ3v) is 3.81. The zero-order valence-electron chi connectivity index (χ0n) is 11.2. The molecule has 0 saturated carbocycles. The number of anilines is 1. The topological polar surface area (TPSA) is 72.2 Å². The van der Waals surface area contributed by atoms with Crippen LogP contribution in [0.25, 0.3) is 5.65 Å². The van der Waals surface area contributed by atoms with E-state index < -0.39 is 0 Å². The van der Waals surface area contributed by atoms with Gasteiger partial charge in [-0.3, -0.25) is 4.79 Å². The van der Waals surface area contributed by atoms with E-state index in [1.54, 1.807) is 16.7 Å². The lowest BCUT2D eigenvalue weighted by Gasteiger charge is -1.97. The number of nitrogens with zero attached hydrogens (tertiary/aromatic N) is 4. The zero-order chi connectivity index (χ0) is 14.8. The molecule has 0 aliphatic heterocycles. The number of fused-ring (bicyclic) bond motifs is 1. The highest BCUT2D eigenvalue weighted by Crippen LogP contribution is 2.16. The Morgan fingerprint density at radius 1 is 1.38 bits per heavy atom. The van der Waals surface area contributed by atoms with E-state index in [-0.39, 0.29) is 18.1 Å². The second-order valence-electron chi connectivity index (χ2n) is 4.42. The Labute approximate surface area is 123 Å². The number of imidazole rings is 1. The lowest BCUT2D eigenvalue weighted by Crippen LogP contribution is -2.14. The van der Waals surface area contributed by atoms with Crippen molar-refractivity contribution in [2.75, 3.05) is 5.32 Å². The summed E-state index contributed by atoms with van der Waals surface area (Å²) >= 11 is 1.35. The van der Waals surface area contributed by atoms with E-state index in [1.165, 1.54) is 23.6 Å². The summed E-state index contributed by atoms with van der Waals surface area (Å²) in [6.07, 6.45) is 3.84. The van der Waals surface area contributed by atoms with Gasteiger partial charge in [0.05, 0.1) is 12.1 Å². The van der Waals surface area contributed by atoms with Crippen LogP contribution in [0.15, 0.2) is 24.5 Å². The van der Waals surface area contributed by atoms with Gasteiger partial charge in [0.2, 0.25) is 11.0 Å². The van der Waals surface area contributed by atoms with E-state index in [0.29, 0.717) is 16.5 Å². The molecule has 0 fully saturated rings. The molecule has 21 heavy (non-hydrogen) atoms. The van der Waals surface area contributed by atoms with Crippen LogP contribution in [0.2, 0.25) is 0 Å². The monoisotopic (exact) mass is 305 g/mol. The molecule has 3 heterocycles. The number of halogens is 1. The molecule has 0 aliphatic rings. The summed E-state index contributed by atoms with van der Waals surface area (Å²) in [4.78, 5) is 16.2. The fourth-order valence-corrected chi connectivity index (χ4v) is 2.57. The fraction of sp³-hybridized carbons (Fsp3) is 0.231. The summed E-state index contributed by atoms with van der Waals surface area (Å²) in [5.41, 5.74) is 1.17. The average molecular weight is 305 g/mol. The molecule has 0 aromatic carbocycles. The van der Waals surface area contributed by atoms with E-state index in [1.807, 2.05) is 6.92 Å². The predicted molar refractivity (Wildman–Crippen MR) is 76.8 cm³/mol. The van der Waals surface area contributed by atoms with Crippen molar-refractivity contribution >= 4 is 28.0 Å². The minimum Gasteiger partial charge on any atom is -0.304 e. The normalized spacial score (nSPS) is 11.0. The van der Waals surface area contributed by atoms with Gasteiger partial charge in [0.1, 0.15) is 16.5 Å². The molecule has 3 aromatic rings. The Hall–Kier alpha value is -2.35. The summed E-state index contributed by atoms with van der Waals surface area (Å²) in [6.45, 7) is 1.97. The average Bonchev–Trinajstić information content (AvgIpc) is 3.04. The van der Waals surface area contributed by atoms with E-state index >= 15 is 0 Å². The molecular weight excluding hydrogens is 293 g/mol. The van der Waals surface area contributed by atoms with Crippen LogP contribution in [-0.2, 0) is 17.6 Å². The first-order valence-electron chi connectivity index (χ1n) is 6.39. The van der Waals surface area contributed by atoms with Crippen LogP contribution in [0.1, 0.15) is 17.6 Å². The van der Waals surface area contributed by atoms with Crippen LogP contribution in [0.4, 0.5) is 9.52 Å². The molecule has 0 aliphatic carbocycles. The number of pyridine rings is 1. The summed E-state index contributed by atoms with van der Waals surface area (Å²) in [7, 11) is 0. The van der Waals surface area contributed by atoms with Crippen molar-refractivity contribution in [3.63, 3.8) is 0 Å². The third-order valence-electron chi connectivity index (χ3n) is 2.82. The van der Waals surface area contributed by atoms with E-state index in [4.69, 9.17) is 0 Å². The van der Waals surface area contributed by atoms with Gasteiger partial charge in [0, 0.05) is 12.4 Å². The molecule has 0 radical (unpaired) electrons.